The van der Waals surface area contributed by atoms with Crippen LogP contribution in [0.15, 0.2) is 27.5 Å². The highest BCUT2D eigenvalue weighted by Gasteiger charge is 2.44. The summed E-state index contributed by atoms with van der Waals surface area (Å²) in [5, 5.41) is 9.45. The van der Waals surface area contributed by atoms with Crippen molar-refractivity contribution in [2.24, 2.45) is 0 Å². The van der Waals surface area contributed by atoms with Gasteiger partial charge in [-0.05, 0) is 52.9 Å². The van der Waals surface area contributed by atoms with Crippen LogP contribution in [0.1, 0.15) is 30.1 Å². The number of nitrogens with one attached hydrogen (secondary N) is 2. The van der Waals surface area contributed by atoms with E-state index in [4.69, 9.17) is 11.6 Å². The molecule has 0 spiro atoms. The number of nitrogens with zero attached hydrogens (tertiary/aromatic N) is 2. The number of hydrogen-bond donors (Lipinski definition) is 2. The Morgan fingerprint density at radius 1 is 1.40 bits per heavy atom. The molecule has 25 heavy (non-hydrogen) atoms. The van der Waals surface area contributed by atoms with Crippen molar-refractivity contribution >= 4 is 39.2 Å². The Hall–Kier alpha value is -1.93. The molecule has 2 aromatic rings. The minimum atomic E-state index is -0.572. The maximum atomic E-state index is 14.1. The van der Waals surface area contributed by atoms with Crippen molar-refractivity contribution < 1.29 is 9.18 Å². The second-order valence-electron chi connectivity index (χ2n) is 6.18. The van der Waals surface area contributed by atoms with Gasteiger partial charge in [0.25, 0.3) is 5.56 Å². The average Bonchev–Trinajstić information content (AvgIpc) is 2.88. The summed E-state index contributed by atoms with van der Waals surface area (Å²) in [6.45, 7) is 0. The van der Waals surface area contributed by atoms with Gasteiger partial charge in [0.2, 0.25) is 0 Å². The van der Waals surface area contributed by atoms with E-state index >= 15 is 0 Å². The SMILES string of the molecule is O=C(Nc1cc(Cl)c(Br)cc1F)N1C2CCC1c1n[nH]c(=O)cc1C2. The van der Waals surface area contributed by atoms with E-state index < -0.39 is 11.8 Å². The zero-order valence-electron chi connectivity index (χ0n) is 12.9. The first kappa shape index (κ1) is 16.5. The Bertz CT molecular complexity index is 935. The molecule has 0 radical (unpaired) electrons. The fraction of sp³-hybridized carbons (Fsp3) is 0.312. The monoisotopic (exact) mass is 426 g/mol. The van der Waals surface area contributed by atoms with Crippen LogP contribution in [0.25, 0.3) is 0 Å². The summed E-state index contributed by atoms with van der Waals surface area (Å²) in [6, 6.07) is 3.47. The summed E-state index contributed by atoms with van der Waals surface area (Å²) in [5.74, 6) is -0.572. The zero-order chi connectivity index (χ0) is 17.7. The van der Waals surface area contributed by atoms with Gasteiger partial charge in [-0.3, -0.25) is 4.79 Å². The predicted molar refractivity (Wildman–Crippen MR) is 94.3 cm³/mol. The number of anilines is 1. The van der Waals surface area contributed by atoms with Crippen molar-refractivity contribution in [1.82, 2.24) is 15.1 Å². The van der Waals surface area contributed by atoms with Gasteiger partial charge >= 0.3 is 6.03 Å². The molecule has 2 atom stereocenters. The number of carbonyl (C=O) groups is 1. The molecule has 4 rings (SSSR count). The van der Waals surface area contributed by atoms with Gasteiger partial charge in [-0.15, -0.1) is 0 Å². The lowest BCUT2D eigenvalue weighted by Crippen LogP contribution is -2.45. The molecular weight excluding hydrogens is 415 g/mol. The summed E-state index contributed by atoms with van der Waals surface area (Å²) in [6.07, 6.45) is 2.14. The van der Waals surface area contributed by atoms with Crippen LogP contribution in [-0.4, -0.2) is 27.2 Å². The number of aromatic nitrogens is 2. The molecule has 1 saturated heterocycles. The highest BCUT2D eigenvalue weighted by atomic mass is 79.9. The van der Waals surface area contributed by atoms with Crippen LogP contribution in [-0.2, 0) is 6.42 Å². The van der Waals surface area contributed by atoms with Crippen LogP contribution < -0.4 is 10.9 Å². The molecule has 1 fully saturated rings. The first-order chi connectivity index (χ1) is 11.9. The van der Waals surface area contributed by atoms with Crippen LogP contribution in [0.5, 0.6) is 0 Å². The first-order valence-electron chi connectivity index (χ1n) is 7.76. The van der Waals surface area contributed by atoms with E-state index in [9.17, 15) is 14.0 Å². The van der Waals surface area contributed by atoms with Gasteiger partial charge in [0, 0.05) is 16.6 Å². The molecule has 1 aromatic heterocycles. The summed E-state index contributed by atoms with van der Waals surface area (Å²) < 4.78 is 14.5. The Kier molecular flexibility index (Phi) is 4.04. The maximum absolute atomic E-state index is 14.1. The molecule has 2 N–H and O–H groups in total. The number of hydrogen-bond acceptors (Lipinski definition) is 3. The third-order valence-electron chi connectivity index (χ3n) is 4.68. The van der Waals surface area contributed by atoms with Crippen molar-refractivity contribution in [3.05, 3.63) is 55.1 Å². The molecule has 2 unspecified atom stereocenters. The third kappa shape index (κ3) is 2.83. The molecule has 2 aliphatic rings. The molecule has 2 bridgehead atoms. The second kappa shape index (κ2) is 6.10. The number of aromatic amines is 1. The number of carbonyl (C=O) groups excluding carboxylic acids is 1. The Labute approximate surface area is 155 Å². The number of benzene rings is 1. The third-order valence-corrected chi connectivity index (χ3v) is 5.88. The molecule has 130 valence electrons. The molecule has 6 nitrogen and oxygen atoms in total. The Morgan fingerprint density at radius 3 is 3.00 bits per heavy atom. The summed E-state index contributed by atoms with van der Waals surface area (Å²) in [4.78, 5) is 25.9. The van der Waals surface area contributed by atoms with Crippen LogP contribution in [0.3, 0.4) is 0 Å². The zero-order valence-corrected chi connectivity index (χ0v) is 15.2. The lowest BCUT2D eigenvalue weighted by Gasteiger charge is -2.35. The van der Waals surface area contributed by atoms with Gasteiger partial charge in [-0.1, -0.05) is 11.6 Å². The quantitative estimate of drug-likeness (QED) is 0.682. The van der Waals surface area contributed by atoms with E-state index in [1.807, 2.05) is 0 Å². The standard InChI is InChI=1S/C16H13BrClFN4O2/c17-9-5-11(19)12(6-10(9)18)20-16(25)23-8-1-2-13(23)15-7(3-8)4-14(24)21-22-15/h4-6,8,13H,1-3H2,(H,20,25)(H,21,24). The molecule has 0 aliphatic carbocycles. The molecule has 9 heteroatoms. The highest BCUT2D eigenvalue weighted by Crippen LogP contribution is 2.42. The van der Waals surface area contributed by atoms with Gasteiger partial charge in [0.1, 0.15) is 5.82 Å². The van der Waals surface area contributed by atoms with Crippen molar-refractivity contribution in [2.45, 2.75) is 31.3 Å². The van der Waals surface area contributed by atoms with Crippen molar-refractivity contribution in [3.63, 3.8) is 0 Å². The van der Waals surface area contributed by atoms with E-state index in [1.165, 1.54) is 18.2 Å². The molecule has 0 saturated carbocycles. The number of urea groups is 1. The minimum Gasteiger partial charge on any atom is -0.313 e. The smallest absolute Gasteiger partial charge is 0.313 e. The number of rotatable bonds is 1. The Morgan fingerprint density at radius 2 is 2.20 bits per heavy atom. The molecular formula is C16H13BrClFN4O2. The lowest BCUT2D eigenvalue weighted by atomic mass is 9.99. The second-order valence-corrected chi connectivity index (χ2v) is 7.44. The first-order valence-corrected chi connectivity index (χ1v) is 8.93. The number of amides is 2. The number of halogens is 3. The van der Waals surface area contributed by atoms with E-state index in [0.29, 0.717) is 21.6 Å². The fourth-order valence-corrected chi connectivity index (χ4v) is 4.09. The summed E-state index contributed by atoms with van der Waals surface area (Å²) in [5.41, 5.74) is 1.36. The van der Waals surface area contributed by atoms with Crippen LogP contribution in [0.4, 0.5) is 14.9 Å². The van der Waals surface area contributed by atoms with Gasteiger partial charge in [0.15, 0.2) is 0 Å². The van der Waals surface area contributed by atoms with Crippen LogP contribution in [0.2, 0.25) is 5.02 Å². The average molecular weight is 428 g/mol. The topological polar surface area (TPSA) is 78.1 Å². The maximum Gasteiger partial charge on any atom is 0.322 e. The lowest BCUT2D eigenvalue weighted by molar-refractivity contribution is 0.177. The largest absolute Gasteiger partial charge is 0.322 e. The summed E-state index contributed by atoms with van der Waals surface area (Å²) in [7, 11) is 0. The van der Waals surface area contributed by atoms with Gasteiger partial charge in [0.05, 0.1) is 22.4 Å². The van der Waals surface area contributed by atoms with E-state index in [1.54, 1.807) is 4.90 Å². The van der Waals surface area contributed by atoms with Gasteiger partial charge in [-0.2, -0.15) is 5.10 Å². The molecule has 2 aliphatic heterocycles. The van der Waals surface area contributed by atoms with Crippen LogP contribution >= 0.6 is 27.5 Å². The molecule has 3 heterocycles. The van der Waals surface area contributed by atoms with Gasteiger partial charge < -0.3 is 10.2 Å². The Balaban J connectivity index is 1.63. The van der Waals surface area contributed by atoms with Crippen LogP contribution in [0, 0.1) is 5.82 Å². The summed E-state index contributed by atoms with van der Waals surface area (Å²) >= 11 is 9.13. The van der Waals surface area contributed by atoms with E-state index in [0.717, 1.165) is 18.4 Å². The highest BCUT2D eigenvalue weighted by molar-refractivity contribution is 9.10. The normalized spacial score (nSPS) is 21.2. The molecule has 1 aromatic carbocycles. The number of H-pyrrole nitrogens is 1. The number of fused-ring (bicyclic) bond motifs is 4. The van der Waals surface area contributed by atoms with Gasteiger partial charge in [-0.25, -0.2) is 14.3 Å². The van der Waals surface area contributed by atoms with Crippen molar-refractivity contribution in [2.75, 3.05) is 5.32 Å². The molecule has 2 amide bonds. The predicted octanol–water partition coefficient (Wildman–Crippen LogP) is 3.62. The fourth-order valence-electron chi connectivity index (χ4n) is 3.61. The van der Waals surface area contributed by atoms with Crippen molar-refractivity contribution in [1.29, 1.82) is 0 Å². The minimum absolute atomic E-state index is 0.0258. The van der Waals surface area contributed by atoms with E-state index in [2.05, 4.69) is 31.4 Å². The van der Waals surface area contributed by atoms with E-state index in [-0.39, 0.29) is 23.3 Å². The van der Waals surface area contributed by atoms with Crippen molar-refractivity contribution in [3.8, 4) is 0 Å².